The van der Waals surface area contributed by atoms with Gasteiger partial charge in [0.2, 0.25) is 0 Å². The molecule has 1 aliphatic rings. The average molecular weight is 403 g/mol. The van der Waals surface area contributed by atoms with E-state index in [1.807, 2.05) is 62.9 Å². The third kappa shape index (κ3) is 22.3. The van der Waals surface area contributed by atoms with Crippen LogP contribution in [0.4, 0.5) is 0 Å². The minimum Gasteiger partial charge on any atom is -0.426 e. The number of rotatable bonds is 3. The summed E-state index contributed by atoms with van der Waals surface area (Å²) in [5.41, 5.74) is 0.963. The van der Waals surface area contributed by atoms with Gasteiger partial charge in [-0.15, -0.1) is 18.6 Å². The fraction of sp³-hybridized carbons (Fsp3) is 0.263. The van der Waals surface area contributed by atoms with Crippen molar-refractivity contribution >= 4 is 28.4 Å². The van der Waals surface area contributed by atoms with Crippen molar-refractivity contribution in [3.05, 3.63) is 66.3 Å². The summed E-state index contributed by atoms with van der Waals surface area (Å²) in [5, 5.41) is 9.81. The van der Waals surface area contributed by atoms with Gasteiger partial charge in [-0.2, -0.15) is 23.8 Å². The number of aliphatic hydroxyl groups is 1. The SMILES string of the molecule is C=O.C=O.C=O.C[Si](C)(C)C[C-](O)c1ccccc1.[C-]1=CC=CC1.[Mn+2]. The van der Waals surface area contributed by atoms with Crippen molar-refractivity contribution in [2.45, 2.75) is 32.1 Å². The van der Waals surface area contributed by atoms with E-state index in [4.69, 9.17) is 14.4 Å². The van der Waals surface area contributed by atoms with Crippen LogP contribution in [0.1, 0.15) is 12.0 Å². The molecule has 0 fully saturated rings. The number of carbonyl (C=O) groups is 3. The standard InChI is InChI=1S/C11H17OSi.C5H5.3CH2O.Mn/c1-13(2,3)9-11(12)10-7-5-4-6-8-10;1-2-4-5-3-1;3*1-2;/h4-8,12H,9H2,1-3H3;1-3H,4H2;3*1H2;/q2*-1;;;;+2. The second-order valence-electron chi connectivity index (χ2n) is 5.55. The molecule has 0 spiro atoms. The molecule has 0 amide bonds. The molecule has 1 aromatic carbocycles. The fourth-order valence-electron chi connectivity index (χ4n) is 1.58. The summed E-state index contributed by atoms with van der Waals surface area (Å²) < 4.78 is 0. The third-order valence-corrected chi connectivity index (χ3v) is 3.79. The fourth-order valence-corrected chi connectivity index (χ4v) is 2.78. The molecule has 0 aliphatic heterocycles. The number of hydrogen-bond donors (Lipinski definition) is 1. The molecule has 0 atom stereocenters. The molecule has 0 heterocycles. The Morgan fingerprint density at radius 1 is 1.04 bits per heavy atom. The molecule has 25 heavy (non-hydrogen) atoms. The van der Waals surface area contributed by atoms with Crippen LogP contribution in [-0.2, 0) is 31.5 Å². The smallest absolute Gasteiger partial charge is 0.426 e. The third-order valence-electron chi connectivity index (χ3n) is 2.39. The molecule has 2 rings (SSSR count). The molecular formula is C19H28MnO4Si. The number of benzene rings is 1. The van der Waals surface area contributed by atoms with Crippen LogP contribution < -0.4 is 0 Å². The molecule has 0 aromatic heterocycles. The van der Waals surface area contributed by atoms with Crippen molar-refractivity contribution in [2.24, 2.45) is 0 Å². The van der Waals surface area contributed by atoms with Gasteiger partial charge in [-0.25, -0.2) is 12.2 Å². The van der Waals surface area contributed by atoms with Crippen molar-refractivity contribution in [1.82, 2.24) is 0 Å². The largest absolute Gasteiger partial charge is 2.00 e. The Morgan fingerprint density at radius 3 is 1.80 bits per heavy atom. The van der Waals surface area contributed by atoms with Gasteiger partial charge < -0.3 is 19.5 Å². The summed E-state index contributed by atoms with van der Waals surface area (Å²) >= 11 is 0. The Hall–Kier alpha value is -1.72. The topological polar surface area (TPSA) is 71.4 Å². The zero-order valence-corrected chi connectivity index (χ0v) is 17.4. The van der Waals surface area contributed by atoms with Crippen molar-refractivity contribution < 1.29 is 36.6 Å². The predicted octanol–water partition coefficient (Wildman–Crippen LogP) is 4.03. The Labute approximate surface area is 163 Å². The molecule has 0 saturated heterocycles. The molecule has 4 nitrogen and oxygen atoms in total. The molecule has 0 saturated carbocycles. The molecule has 1 N–H and O–H groups in total. The van der Waals surface area contributed by atoms with Gasteiger partial charge in [0.1, 0.15) is 20.4 Å². The first-order chi connectivity index (χ1) is 11.5. The summed E-state index contributed by atoms with van der Waals surface area (Å²) in [4.78, 5) is 24.0. The van der Waals surface area contributed by atoms with Gasteiger partial charge >= 0.3 is 17.1 Å². The summed E-state index contributed by atoms with van der Waals surface area (Å²) in [5.74, 6) is 0. The maximum absolute atomic E-state index is 9.81. The van der Waals surface area contributed by atoms with E-state index < -0.39 is 8.07 Å². The summed E-state index contributed by atoms with van der Waals surface area (Å²) in [6, 6.07) is 10.6. The molecule has 0 bridgehead atoms. The van der Waals surface area contributed by atoms with Crippen LogP contribution in [-0.4, -0.2) is 33.5 Å². The minimum atomic E-state index is -1.19. The second-order valence-corrected chi connectivity index (χ2v) is 11.0. The molecule has 1 aliphatic carbocycles. The zero-order valence-electron chi connectivity index (χ0n) is 15.2. The van der Waals surface area contributed by atoms with Gasteiger partial charge in [0, 0.05) is 8.07 Å². The maximum atomic E-state index is 9.81. The molecular weight excluding hydrogens is 375 g/mol. The van der Waals surface area contributed by atoms with Crippen molar-refractivity contribution in [3.63, 3.8) is 0 Å². The molecule has 139 valence electrons. The molecule has 6 heteroatoms. The molecule has 0 unspecified atom stereocenters. The number of aliphatic hydroxyl groups excluding tert-OH is 1. The van der Waals surface area contributed by atoms with Crippen molar-refractivity contribution in [2.75, 3.05) is 0 Å². The number of carbonyl (C=O) groups excluding carboxylic acids is 3. The number of hydrogen-bond acceptors (Lipinski definition) is 4. The van der Waals surface area contributed by atoms with Crippen LogP contribution >= 0.6 is 0 Å². The van der Waals surface area contributed by atoms with Crippen LogP contribution in [0, 0.1) is 12.2 Å². The average Bonchev–Trinajstić information content (AvgIpc) is 3.19. The zero-order chi connectivity index (χ0) is 19.4. The number of allylic oxidation sites excluding steroid dienone is 4. The minimum absolute atomic E-state index is 0. The van der Waals surface area contributed by atoms with Crippen LogP contribution in [0.2, 0.25) is 25.7 Å². The second kappa shape index (κ2) is 22.3. The van der Waals surface area contributed by atoms with Gasteiger partial charge in [-0.1, -0.05) is 37.9 Å². The Kier molecular flexibility index (Phi) is 27.7. The first kappa shape index (κ1) is 31.1. The molecule has 1 radical (unpaired) electrons. The van der Waals surface area contributed by atoms with E-state index in [9.17, 15) is 5.11 Å². The monoisotopic (exact) mass is 403 g/mol. The first-order valence-electron chi connectivity index (χ1n) is 7.17. The summed E-state index contributed by atoms with van der Waals surface area (Å²) in [6.07, 6.45) is 10.5. The van der Waals surface area contributed by atoms with Crippen LogP contribution in [0.25, 0.3) is 0 Å². The van der Waals surface area contributed by atoms with E-state index in [1.54, 1.807) is 0 Å². The summed E-state index contributed by atoms with van der Waals surface area (Å²) in [7, 11) is -1.19. The van der Waals surface area contributed by atoms with Gasteiger partial charge in [-0.05, 0) is 0 Å². The van der Waals surface area contributed by atoms with E-state index in [0.29, 0.717) is 6.10 Å². The van der Waals surface area contributed by atoms with E-state index in [0.717, 1.165) is 18.0 Å². The van der Waals surface area contributed by atoms with E-state index in [1.165, 1.54) is 0 Å². The van der Waals surface area contributed by atoms with E-state index in [-0.39, 0.29) is 17.1 Å². The van der Waals surface area contributed by atoms with Gasteiger partial charge in [0.05, 0.1) is 0 Å². The van der Waals surface area contributed by atoms with E-state index >= 15 is 0 Å². The van der Waals surface area contributed by atoms with Crippen molar-refractivity contribution in [1.29, 1.82) is 0 Å². The van der Waals surface area contributed by atoms with Crippen LogP contribution in [0.3, 0.4) is 0 Å². The Morgan fingerprint density at radius 2 is 1.52 bits per heavy atom. The van der Waals surface area contributed by atoms with Gasteiger partial charge in [0.15, 0.2) is 0 Å². The quantitative estimate of drug-likeness (QED) is 0.611. The predicted molar refractivity (Wildman–Crippen MR) is 102 cm³/mol. The maximum Gasteiger partial charge on any atom is 2.00 e. The van der Waals surface area contributed by atoms with Crippen molar-refractivity contribution in [3.8, 4) is 0 Å². The van der Waals surface area contributed by atoms with Gasteiger partial charge in [-0.3, -0.25) is 6.08 Å². The van der Waals surface area contributed by atoms with E-state index in [2.05, 4.69) is 31.8 Å². The summed E-state index contributed by atoms with van der Waals surface area (Å²) in [6.45, 7) is 12.8. The Bertz CT molecular complexity index is 430. The first-order valence-corrected chi connectivity index (χ1v) is 10.9. The normalized spacial score (nSPS) is 9.92. The van der Waals surface area contributed by atoms with Crippen LogP contribution in [0.15, 0.2) is 48.6 Å². The van der Waals surface area contributed by atoms with Crippen LogP contribution in [0.5, 0.6) is 0 Å². The molecule has 1 aromatic rings. The Balaban J connectivity index is -0.000000154. The van der Waals surface area contributed by atoms with Gasteiger partial charge in [0.25, 0.3) is 0 Å².